The van der Waals surface area contributed by atoms with Crippen LogP contribution in [0, 0.1) is 12.7 Å². The predicted octanol–water partition coefficient (Wildman–Crippen LogP) is 2.54. The van der Waals surface area contributed by atoms with Gasteiger partial charge >= 0.3 is 0 Å². The van der Waals surface area contributed by atoms with Gasteiger partial charge in [0.25, 0.3) is 0 Å². The molecule has 112 valence electrons. The minimum Gasteiger partial charge on any atom is -0.398 e. The van der Waals surface area contributed by atoms with E-state index >= 15 is 0 Å². The first-order valence-electron chi connectivity index (χ1n) is 6.38. The van der Waals surface area contributed by atoms with E-state index in [9.17, 15) is 12.8 Å². The largest absolute Gasteiger partial charge is 0.398 e. The average Bonchev–Trinajstić information content (AvgIpc) is 2.44. The first kappa shape index (κ1) is 15.5. The average molecular weight is 308 g/mol. The Hall–Kier alpha value is -1.92. The number of hydrogen-bond donors (Lipinski definition) is 1. The number of nitrogens with zero attached hydrogens (tertiary/aromatic N) is 1. The Morgan fingerprint density at radius 2 is 1.86 bits per heavy atom. The van der Waals surface area contributed by atoms with Crippen molar-refractivity contribution in [2.45, 2.75) is 18.4 Å². The van der Waals surface area contributed by atoms with Gasteiger partial charge in [0, 0.05) is 24.8 Å². The van der Waals surface area contributed by atoms with Gasteiger partial charge in [0.2, 0.25) is 10.0 Å². The summed E-state index contributed by atoms with van der Waals surface area (Å²) in [5.41, 5.74) is 7.30. The molecule has 0 heterocycles. The molecule has 0 fully saturated rings. The number of anilines is 1. The molecule has 0 saturated heterocycles. The quantitative estimate of drug-likeness (QED) is 0.883. The van der Waals surface area contributed by atoms with Gasteiger partial charge < -0.3 is 5.73 Å². The van der Waals surface area contributed by atoms with Crippen LogP contribution in [0.2, 0.25) is 0 Å². The number of sulfonamides is 1. The van der Waals surface area contributed by atoms with Gasteiger partial charge in [-0.3, -0.25) is 0 Å². The van der Waals surface area contributed by atoms with Crippen LogP contribution >= 0.6 is 0 Å². The van der Waals surface area contributed by atoms with Crippen molar-refractivity contribution >= 4 is 15.7 Å². The third-order valence-corrected chi connectivity index (χ3v) is 5.11. The lowest BCUT2D eigenvalue weighted by molar-refractivity contribution is 0.456. The number of nitrogens with two attached hydrogens (primary N) is 1. The fourth-order valence-electron chi connectivity index (χ4n) is 1.91. The first-order valence-corrected chi connectivity index (χ1v) is 7.82. The van der Waals surface area contributed by atoms with Gasteiger partial charge in [-0.05, 0) is 30.7 Å². The second-order valence-electron chi connectivity index (χ2n) is 4.87. The van der Waals surface area contributed by atoms with Crippen LogP contribution in [0.1, 0.15) is 11.1 Å². The van der Waals surface area contributed by atoms with Gasteiger partial charge in [0.15, 0.2) is 0 Å². The van der Waals surface area contributed by atoms with Crippen LogP contribution < -0.4 is 5.73 Å². The first-order chi connectivity index (χ1) is 9.82. The number of benzene rings is 2. The van der Waals surface area contributed by atoms with E-state index in [0.29, 0.717) is 11.3 Å². The van der Waals surface area contributed by atoms with E-state index < -0.39 is 15.8 Å². The number of nitrogen functional groups attached to an aromatic ring is 1. The van der Waals surface area contributed by atoms with Crippen molar-refractivity contribution in [3.63, 3.8) is 0 Å². The van der Waals surface area contributed by atoms with Gasteiger partial charge in [-0.2, -0.15) is 4.31 Å². The molecular formula is C15H17FN2O2S. The molecule has 6 heteroatoms. The van der Waals surface area contributed by atoms with E-state index in [2.05, 4.69) is 0 Å². The van der Waals surface area contributed by atoms with Crippen LogP contribution in [-0.2, 0) is 16.6 Å². The molecule has 0 aliphatic rings. The lowest BCUT2D eigenvalue weighted by Gasteiger charge is -2.18. The summed E-state index contributed by atoms with van der Waals surface area (Å²) in [5, 5.41) is 0. The van der Waals surface area contributed by atoms with Crippen LogP contribution in [-0.4, -0.2) is 19.8 Å². The minimum absolute atomic E-state index is 0.0389. The Balaban J connectivity index is 2.30. The second kappa shape index (κ2) is 5.83. The summed E-state index contributed by atoms with van der Waals surface area (Å²) in [6, 6.07) is 10.7. The molecule has 21 heavy (non-hydrogen) atoms. The molecule has 0 aliphatic carbocycles. The Kier molecular flexibility index (Phi) is 4.29. The molecule has 2 N–H and O–H groups in total. The summed E-state index contributed by atoms with van der Waals surface area (Å²) < 4.78 is 39.6. The van der Waals surface area contributed by atoms with Crippen molar-refractivity contribution in [1.82, 2.24) is 4.31 Å². The van der Waals surface area contributed by atoms with E-state index in [1.165, 1.54) is 25.2 Å². The highest BCUT2D eigenvalue weighted by Crippen LogP contribution is 2.21. The summed E-state index contributed by atoms with van der Waals surface area (Å²) in [6.07, 6.45) is 0. The van der Waals surface area contributed by atoms with Crippen molar-refractivity contribution in [3.05, 3.63) is 59.4 Å². The third kappa shape index (κ3) is 3.22. The van der Waals surface area contributed by atoms with Crippen LogP contribution in [0.4, 0.5) is 10.1 Å². The Labute approximate surface area is 124 Å². The van der Waals surface area contributed by atoms with Crippen molar-refractivity contribution in [1.29, 1.82) is 0 Å². The number of halogens is 1. The van der Waals surface area contributed by atoms with Crippen molar-refractivity contribution in [2.24, 2.45) is 0 Å². The van der Waals surface area contributed by atoms with Crippen LogP contribution in [0.5, 0.6) is 0 Å². The molecule has 0 unspecified atom stereocenters. The molecule has 0 aromatic heterocycles. The van der Waals surface area contributed by atoms with E-state index in [0.717, 1.165) is 9.87 Å². The van der Waals surface area contributed by atoms with Crippen LogP contribution in [0.15, 0.2) is 47.4 Å². The molecule has 0 aliphatic heterocycles. The minimum atomic E-state index is -3.71. The normalized spacial score (nSPS) is 11.8. The van der Waals surface area contributed by atoms with E-state index in [-0.39, 0.29) is 11.4 Å². The highest BCUT2D eigenvalue weighted by Gasteiger charge is 2.22. The zero-order valence-electron chi connectivity index (χ0n) is 11.9. The Morgan fingerprint density at radius 3 is 2.48 bits per heavy atom. The monoisotopic (exact) mass is 308 g/mol. The zero-order chi connectivity index (χ0) is 15.6. The van der Waals surface area contributed by atoms with Gasteiger partial charge in [0.05, 0.1) is 4.90 Å². The van der Waals surface area contributed by atoms with Crippen LogP contribution in [0.25, 0.3) is 0 Å². The molecule has 4 nitrogen and oxygen atoms in total. The SMILES string of the molecule is Cc1ccc(S(=O)(=O)N(C)Cc2ccccc2F)cc1N. The molecular weight excluding hydrogens is 291 g/mol. The number of hydrogen-bond acceptors (Lipinski definition) is 3. The highest BCUT2D eigenvalue weighted by molar-refractivity contribution is 7.89. The van der Waals surface area contributed by atoms with Gasteiger partial charge in [-0.1, -0.05) is 24.3 Å². The molecule has 0 saturated carbocycles. The van der Waals surface area contributed by atoms with E-state index in [1.807, 2.05) is 0 Å². The predicted molar refractivity (Wildman–Crippen MR) is 80.6 cm³/mol. The maximum Gasteiger partial charge on any atom is 0.243 e. The molecule has 0 spiro atoms. The molecule has 0 radical (unpaired) electrons. The van der Waals surface area contributed by atoms with Gasteiger partial charge in [-0.15, -0.1) is 0 Å². The summed E-state index contributed by atoms with van der Waals surface area (Å²) >= 11 is 0. The lowest BCUT2D eigenvalue weighted by Crippen LogP contribution is -2.27. The fourth-order valence-corrected chi connectivity index (χ4v) is 3.10. The van der Waals surface area contributed by atoms with Crippen molar-refractivity contribution < 1.29 is 12.8 Å². The smallest absolute Gasteiger partial charge is 0.243 e. The van der Waals surface area contributed by atoms with Gasteiger partial charge in [0.1, 0.15) is 5.82 Å². The highest BCUT2D eigenvalue weighted by atomic mass is 32.2. The van der Waals surface area contributed by atoms with E-state index in [1.54, 1.807) is 31.2 Å². The molecule has 2 aromatic carbocycles. The molecule has 0 amide bonds. The van der Waals surface area contributed by atoms with E-state index in [4.69, 9.17) is 5.73 Å². The standard InChI is InChI=1S/C15H17FN2O2S/c1-11-7-8-13(9-15(11)17)21(19,20)18(2)10-12-5-3-4-6-14(12)16/h3-9H,10,17H2,1-2H3. The molecule has 0 bridgehead atoms. The number of aryl methyl sites for hydroxylation is 1. The Bertz CT molecular complexity index is 760. The summed E-state index contributed by atoms with van der Waals surface area (Å²) in [7, 11) is -2.29. The summed E-state index contributed by atoms with van der Waals surface area (Å²) in [4.78, 5) is 0.101. The van der Waals surface area contributed by atoms with Crippen LogP contribution in [0.3, 0.4) is 0 Å². The second-order valence-corrected chi connectivity index (χ2v) is 6.92. The Morgan fingerprint density at radius 1 is 1.19 bits per heavy atom. The van der Waals surface area contributed by atoms with Gasteiger partial charge in [-0.25, -0.2) is 12.8 Å². The molecule has 2 rings (SSSR count). The van der Waals surface area contributed by atoms with Crippen molar-refractivity contribution in [3.8, 4) is 0 Å². The van der Waals surface area contributed by atoms with Crippen molar-refractivity contribution in [2.75, 3.05) is 12.8 Å². The summed E-state index contributed by atoms with van der Waals surface area (Å²) in [5.74, 6) is -0.428. The summed E-state index contributed by atoms with van der Waals surface area (Å²) in [6.45, 7) is 1.76. The fraction of sp³-hybridized carbons (Fsp3) is 0.200. The number of rotatable bonds is 4. The maximum atomic E-state index is 13.6. The maximum absolute atomic E-state index is 13.6. The molecule has 2 aromatic rings. The lowest BCUT2D eigenvalue weighted by atomic mass is 10.2. The zero-order valence-corrected chi connectivity index (χ0v) is 12.7. The topological polar surface area (TPSA) is 63.4 Å². The third-order valence-electron chi connectivity index (χ3n) is 3.31. The molecule has 0 atom stereocenters.